The summed E-state index contributed by atoms with van der Waals surface area (Å²) in [4.78, 5) is 22.5. The molecule has 0 saturated heterocycles. The molecule has 0 aliphatic carbocycles. The SMILES string of the molecule is CC(C)Oc1ccc(C(=O)[NH+]=O)c2c1oc1ccccc12. The maximum Gasteiger partial charge on any atom is 0.463 e. The Morgan fingerprint density at radius 1 is 1.19 bits per heavy atom. The molecule has 1 N–H and O–H groups in total. The third kappa shape index (κ3) is 2.16. The number of carbonyl (C=O) groups is 1. The van der Waals surface area contributed by atoms with Crippen molar-refractivity contribution in [2.75, 3.05) is 0 Å². The number of furan rings is 1. The summed E-state index contributed by atoms with van der Waals surface area (Å²) in [5.74, 6) is -0.138. The maximum absolute atomic E-state index is 11.8. The minimum absolute atomic E-state index is 0.0272. The van der Waals surface area contributed by atoms with Crippen molar-refractivity contribution in [3.63, 3.8) is 0 Å². The molecular formula is C16H14NO4+. The summed E-state index contributed by atoms with van der Waals surface area (Å²) in [5.41, 5.74) is 1.40. The molecule has 21 heavy (non-hydrogen) atoms. The Balaban J connectivity index is 2.40. The lowest BCUT2D eigenvalue weighted by Gasteiger charge is -2.10. The Hall–Kier alpha value is -2.69. The number of carbonyl (C=O) groups excluding carboxylic acids is 1. The minimum atomic E-state index is -0.692. The molecule has 0 aliphatic heterocycles. The highest BCUT2D eigenvalue weighted by atomic mass is 16.5. The van der Waals surface area contributed by atoms with Gasteiger partial charge in [0.25, 0.3) is 0 Å². The zero-order chi connectivity index (χ0) is 15.0. The number of benzene rings is 2. The van der Waals surface area contributed by atoms with Crippen LogP contribution in [0.2, 0.25) is 0 Å². The van der Waals surface area contributed by atoms with Gasteiger partial charge in [0.1, 0.15) is 11.1 Å². The van der Waals surface area contributed by atoms with Gasteiger partial charge in [0.2, 0.25) is 0 Å². The van der Waals surface area contributed by atoms with E-state index < -0.39 is 5.91 Å². The normalized spacial score (nSPS) is 11.2. The second-order valence-corrected chi connectivity index (χ2v) is 5.01. The van der Waals surface area contributed by atoms with Gasteiger partial charge in [-0.05, 0) is 32.0 Å². The number of amides is 1. The van der Waals surface area contributed by atoms with Crippen LogP contribution in [0.25, 0.3) is 21.9 Å². The van der Waals surface area contributed by atoms with Crippen LogP contribution in [0.3, 0.4) is 0 Å². The molecule has 0 unspecified atom stereocenters. The Morgan fingerprint density at radius 3 is 2.67 bits per heavy atom. The van der Waals surface area contributed by atoms with Crippen molar-refractivity contribution in [3.05, 3.63) is 46.9 Å². The number of nitroso groups, excluding NO2 is 1. The molecule has 0 radical (unpaired) electrons. The first-order valence-corrected chi connectivity index (χ1v) is 6.65. The van der Waals surface area contributed by atoms with Gasteiger partial charge in [-0.1, -0.05) is 18.2 Å². The molecule has 0 aliphatic rings. The van der Waals surface area contributed by atoms with Gasteiger partial charge in [-0.2, -0.15) is 0 Å². The quantitative estimate of drug-likeness (QED) is 0.801. The summed E-state index contributed by atoms with van der Waals surface area (Å²) in [5, 5.41) is 2.79. The highest BCUT2D eigenvalue weighted by Gasteiger charge is 2.23. The van der Waals surface area contributed by atoms with Crippen LogP contribution in [-0.4, -0.2) is 12.0 Å². The zero-order valence-corrected chi connectivity index (χ0v) is 11.7. The van der Waals surface area contributed by atoms with Gasteiger partial charge >= 0.3 is 5.91 Å². The van der Waals surface area contributed by atoms with Crippen molar-refractivity contribution in [1.82, 2.24) is 0 Å². The van der Waals surface area contributed by atoms with Crippen LogP contribution in [0, 0.1) is 4.91 Å². The highest BCUT2D eigenvalue weighted by molar-refractivity contribution is 6.15. The van der Waals surface area contributed by atoms with Gasteiger partial charge in [-0.3, -0.25) is 0 Å². The lowest BCUT2D eigenvalue weighted by Crippen LogP contribution is -2.69. The van der Waals surface area contributed by atoms with Crippen LogP contribution in [0.4, 0.5) is 0 Å². The van der Waals surface area contributed by atoms with E-state index in [4.69, 9.17) is 9.15 Å². The van der Waals surface area contributed by atoms with E-state index in [0.717, 1.165) is 5.39 Å². The molecule has 1 aromatic heterocycles. The predicted molar refractivity (Wildman–Crippen MR) is 78.1 cm³/mol. The largest absolute Gasteiger partial charge is 0.487 e. The molecule has 0 bridgehead atoms. The van der Waals surface area contributed by atoms with E-state index in [1.807, 2.05) is 38.1 Å². The first-order valence-electron chi connectivity index (χ1n) is 6.65. The number of rotatable bonds is 3. The maximum atomic E-state index is 11.8. The second kappa shape index (κ2) is 5.01. The third-order valence-corrected chi connectivity index (χ3v) is 3.19. The summed E-state index contributed by atoms with van der Waals surface area (Å²) < 4.78 is 11.5. The van der Waals surface area contributed by atoms with E-state index in [1.54, 1.807) is 12.1 Å². The van der Waals surface area contributed by atoms with Crippen molar-refractivity contribution in [3.8, 4) is 5.75 Å². The molecule has 2 aromatic carbocycles. The Labute approximate surface area is 120 Å². The topological polar surface area (TPSA) is 70.5 Å². The van der Waals surface area contributed by atoms with Crippen LogP contribution in [0.1, 0.15) is 24.2 Å². The number of ether oxygens (including phenoxy) is 1. The molecule has 0 fully saturated rings. The standard InChI is InChI=1S/C16H13NO4/c1-9(2)20-13-8-7-11(16(18)17-19)14-10-5-3-4-6-12(10)21-15(13)14/h3-9H,1-2H3/p+1. The molecule has 0 atom stereocenters. The van der Waals surface area contributed by atoms with Gasteiger partial charge in [-0.15, -0.1) is 0 Å². The van der Waals surface area contributed by atoms with E-state index in [-0.39, 0.29) is 11.7 Å². The van der Waals surface area contributed by atoms with Gasteiger partial charge in [0.15, 0.2) is 11.3 Å². The fourth-order valence-electron chi connectivity index (χ4n) is 2.40. The van der Waals surface area contributed by atoms with Gasteiger partial charge in [0, 0.05) is 15.7 Å². The van der Waals surface area contributed by atoms with E-state index in [2.05, 4.69) is 0 Å². The lowest BCUT2D eigenvalue weighted by molar-refractivity contribution is -0.369. The van der Waals surface area contributed by atoms with Crippen molar-refractivity contribution >= 4 is 27.8 Å². The van der Waals surface area contributed by atoms with Crippen LogP contribution in [0.5, 0.6) is 5.75 Å². The predicted octanol–water partition coefficient (Wildman–Crippen LogP) is 2.36. The summed E-state index contributed by atoms with van der Waals surface area (Å²) in [6.07, 6.45) is -0.0272. The van der Waals surface area contributed by atoms with Crippen molar-refractivity contribution in [2.24, 2.45) is 0 Å². The first-order chi connectivity index (χ1) is 10.1. The van der Waals surface area contributed by atoms with Crippen LogP contribution in [0.15, 0.2) is 40.8 Å². The van der Waals surface area contributed by atoms with E-state index in [0.29, 0.717) is 22.3 Å². The number of hydrogen-bond donors (Lipinski definition) is 1. The van der Waals surface area contributed by atoms with E-state index >= 15 is 0 Å². The van der Waals surface area contributed by atoms with Gasteiger partial charge in [0.05, 0.1) is 11.3 Å². The van der Waals surface area contributed by atoms with Crippen LogP contribution >= 0.6 is 0 Å². The highest BCUT2D eigenvalue weighted by Crippen LogP contribution is 2.37. The average Bonchev–Trinajstić information content (AvgIpc) is 2.86. The van der Waals surface area contributed by atoms with Crippen molar-refractivity contribution in [2.45, 2.75) is 20.0 Å². The van der Waals surface area contributed by atoms with Crippen molar-refractivity contribution in [1.29, 1.82) is 0 Å². The molecule has 5 heteroatoms. The first kappa shape index (κ1) is 13.3. The fraction of sp³-hybridized carbons (Fsp3) is 0.188. The lowest BCUT2D eigenvalue weighted by atomic mass is 10.1. The number of nitrogens with one attached hydrogen (secondary N) is 1. The summed E-state index contributed by atoms with van der Waals surface area (Å²) in [6, 6.07) is 10.6. The zero-order valence-electron chi connectivity index (χ0n) is 11.7. The summed E-state index contributed by atoms with van der Waals surface area (Å²) in [7, 11) is 0. The van der Waals surface area contributed by atoms with E-state index in [9.17, 15) is 9.70 Å². The van der Waals surface area contributed by atoms with Crippen LogP contribution in [-0.2, 0) is 0 Å². The summed E-state index contributed by atoms with van der Waals surface area (Å²) in [6.45, 7) is 3.82. The molecule has 0 spiro atoms. The molecule has 1 amide bonds. The summed E-state index contributed by atoms with van der Waals surface area (Å²) >= 11 is 0. The second-order valence-electron chi connectivity index (χ2n) is 5.01. The molecule has 3 rings (SSSR count). The number of para-hydroxylation sites is 1. The average molecular weight is 284 g/mol. The monoisotopic (exact) mass is 284 g/mol. The smallest absolute Gasteiger partial charge is 0.463 e. The number of hydrogen-bond acceptors (Lipinski definition) is 4. The Bertz CT molecular complexity index is 848. The third-order valence-electron chi connectivity index (χ3n) is 3.19. The fourth-order valence-corrected chi connectivity index (χ4v) is 2.40. The molecule has 1 heterocycles. The molecule has 5 nitrogen and oxygen atoms in total. The van der Waals surface area contributed by atoms with Gasteiger partial charge < -0.3 is 9.15 Å². The molecular weight excluding hydrogens is 270 g/mol. The Kier molecular flexibility index (Phi) is 3.17. The minimum Gasteiger partial charge on any atom is -0.487 e. The molecule has 0 saturated carbocycles. The molecule has 106 valence electrons. The Morgan fingerprint density at radius 2 is 1.95 bits per heavy atom. The molecule has 3 aromatic rings. The number of fused-ring (bicyclic) bond motifs is 3. The van der Waals surface area contributed by atoms with E-state index in [1.165, 1.54) is 5.18 Å². The van der Waals surface area contributed by atoms with Crippen molar-refractivity contribution < 1.29 is 19.1 Å². The van der Waals surface area contributed by atoms with Crippen LogP contribution < -0.4 is 9.91 Å². The van der Waals surface area contributed by atoms with Gasteiger partial charge in [-0.25, -0.2) is 4.79 Å².